The van der Waals surface area contributed by atoms with Gasteiger partial charge in [0.05, 0.1) is 11.7 Å². The van der Waals surface area contributed by atoms with E-state index >= 15 is 0 Å². The second-order valence-electron chi connectivity index (χ2n) is 6.36. The summed E-state index contributed by atoms with van der Waals surface area (Å²) in [5.74, 6) is 1.12. The summed E-state index contributed by atoms with van der Waals surface area (Å²) >= 11 is 0. The monoisotopic (exact) mass is 348 g/mol. The van der Waals surface area contributed by atoms with Crippen LogP contribution in [-0.2, 0) is 0 Å². The van der Waals surface area contributed by atoms with Crippen LogP contribution in [0.3, 0.4) is 0 Å². The number of halogens is 2. The first-order valence-electron chi connectivity index (χ1n) is 8.30. The highest BCUT2D eigenvalue weighted by Crippen LogP contribution is 2.42. The zero-order valence-corrected chi connectivity index (χ0v) is 14.8. The fourth-order valence-corrected chi connectivity index (χ4v) is 3.15. The van der Waals surface area contributed by atoms with Gasteiger partial charge in [-0.2, -0.15) is 0 Å². The summed E-state index contributed by atoms with van der Waals surface area (Å²) in [4.78, 5) is 6.41. The predicted octanol–water partition coefficient (Wildman–Crippen LogP) is 4.65. The second kappa shape index (κ2) is 6.86. The van der Waals surface area contributed by atoms with Crippen molar-refractivity contribution in [3.8, 4) is 11.6 Å². The van der Waals surface area contributed by atoms with E-state index in [1.165, 1.54) is 5.56 Å². The summed E-state index contributed by atoms with van der Waals surface area (Å²) in [7, 11) is 0. The van der Waals surface area contributed by atoms with E-state index in [0.717, 1.165) is 22.6 Å². The number of alkyl halides is 2. The first kappa shape index (κ1) is 17.5. The minimum absolute atomic E-state index is 0.0217. The van der Waals surface area contributed by atoms with Crippen LogP contribution in [0.15, 0.2) is 30.5 Å². The molecule has 0 aliphatic carbocycles. The number of hydrogen-bond acceptors (Lipinski definition) is 4. The second-order valence-corrected chi connectivity index (χ2v) is 6.36. The molecule has 2 atom stereocenters. The zero-order chi connectivity index (χ0) is 18.1. The Labute approximate surface area is 146 Å². The van der Waals surface area contributed by atoms with E-state index in [2.05, 4.69) is 22.9 Å². The highest BCUT2D eigenvalue weighted by atomic mass is 19.3. The van der Waals surface area contributed by atoms with Crippen LogP contribution in [0.2, 0.25) is 0 Å². The van der Waals surface area contributed by atoms with Gasteiger partial charge in [0.15, 0.2) is 12.8 Å². The lowest BCUT2D eigenvalue weighted by Gasteiger charge is -2.30. The lowest BCUT2D eigenvalue weighted by atomic mass is 10.1. The Morgan fingerprint density at radius 1 is 1.28 bits per heavy atom. The Balaban J connectivity index is 1.85. The van der Waals surface area contributed by atoms with Crippen LogP contribution in [-0.4, -0.2) is 24.2 Å². The van der Waals surface area contributed by atoms with Crippen molar-refractivity contribution in [2.75, 3.05) is 11.5 Å². The Morgan fingerprint density at radius 2 is 2.04 bits per heavy atom. The molecular formula is C19H22F2N2O2. The van der Waals surface area contributed by atoms with Gasteiger partial charge in [0.1, 0.15) is 5.75 Å². The summed E-state index contributed by atoms with van der Waals surface area (Å²) in [5, 5.41) is 0. The Hall–Kier alpha value is -2.37. The quantitative estimate of drug-likeness (QED) is 0.788. The van der Waals surface area contributed by atoms with E-state index in [0.29, 0.717) is 0 Å². The molecule has 0 saturated carbocycles. The van der Waals surface area contributed by atoms with Crippen LogP contribution < -0.4 is 14.4 Å². The maximum atomic E-state index is 12.3. The Morgan fingerprint density at radius 3 is 2.72 bits per heavy atom. The lowest BCUT2D eigenvalue weighted by Crippen LogP contribution is -2.34. The molecule has 0 fully saturated rings. The highest BCUT2D eigenvalue weighted by molar-refractivity contribution is 5.64. The number of nitrogens with zero attached hydrogens (tertiary/aromatic N) is 2. The number of hydrogen-bond donors (Lipinski definition) is 0. The van der Waals surface area contributed by atoms with Gasteiger partial charge in [0.2, 0.25) is 5.88 Å². The van der Waals surface area contributed by atoms with E-state index in [4.69, 9.17) is 9.47 Å². The van der Waals surface area contributed by atoms with Crippen molar-refractivity contribution >= 4 is 5.69 Å². The van der Waals surface area contributed by atoms with Crippen molar-refractivity contribution in [3.05, 3.63) is 47.2 Å². The molecule has 1 aromatic heterocycles. The number of fused-ring (bicyclic) bond motifs is 1. The third kappa shape index (κ3) is 3.52. The van der Waals surface area contributed by atoms with Crippen molar-refractivity contribution in [1.29, 1.82) is 0 Å². The minimum Gasteiger partial charge on any atom is -0.471 e. The van der Waals surface area contributed by atoms with Crippen LogP contribution in [0.4, 0.5) is 14.5 Å². The normalized spacial score (nSPS) is 17.4. The predicted molar refractivity (Wildman–Crippen MR) is 92.6 cm³/mol. The molecule has 0 saturated heterocycles. The molecule has 0 spiro atoms. The van der Waals surface area contributed by atoms with E-state index in [1.54, 1.807) is 6.20 Å². The standard InChI is InChI=1S/C19H22F2N2O2/c1-11-5-6-17-16(7-11)23(14(4)25-17)13(3)15-8-12(2)19(22-9-15)24-10-18(20)21/h5-9,13-14,18H,10H2,1-4H3. The van der Waals surface area contributed by atoms with Gasteiger partial charge >= 0.3 is 0 Å². The number of ether oxygens (including phenoxy) is 2. The fourth-order valence-electron chi connectivity index (χ4n) is 3.15. The molecule has 2 aromatic rings. The molecule has 1 aromatic carbocycles. The summed E-state index contributed by atoms with van der Waals surface area (Å²) in [6.45, 7) is 7.30. The molecular weight excluding hydrogens is 326 g/mol. The number of anilines is 1. The molecule has 1 aliphatic rings. The molecule has 25 heavy (non-hydrogen) atoms. The molecule has 4 nitrogen and oxygen atoms in total. The smallest absolute Gasteiger partial charge is 0.272 e. The van der Waals surface area contributed by atoms with Crippen LogP contribution in [0.5, 0.6) is 11.6 Å². The van der Waals surface area contributed by atoms with Gasteiger partial charge in [0.25, 0.3) is 6.43 Å². The molecule has 134 valence electrons. The SMILES string of the molecule is Cc1ccc2c(c1)N(C(C)c1cnc(OCC(F)F)c(C)c1)C(C)O2. The molecule has 0 amide bonds. The number of rotatable bonds is 5. The van der Waals surface area contributed by atoms with Crippen molar-refractivity contribution in [3.63, 3.8) is 0 Å². The third-order valence-corrected chi connectivity index (χ3v) is 4.38. The summed E-state index contributed by atoms with van der Waals surface area (Å²) in [6, 6.07) is 8.07. The Kier molecular flexibility index (Phi) is 4.79. The van der Waals surface area contributed by atoms with Crippen LogP contribution in [0.1, 0.15) is 36.6 Å². The number of benzene rings is 1. The summed E-state index contributed by atoms with van der Waals surface area (Å²) < 4.78 is 35.6. The van der Waals surface area contributed by atoms with Gasteiger partial charge in [-0.05, 0) is 57.0 Å². The van der Waals surface area contributed by atoms with Gasteiger partial charge in [0, 0.05) is 11.8 Å². The van der Waals surface area contributed by atoms with Crippen molar-refractivity contribution in [2.45, 2.75) is 46.4 Å². The molecule has 2 heterocycles. The van der Waals surface area contributed by atoms with E-state index < -0.39 is 13.0 Å². The third-order valence-electron chi connectivity index (χ3n) is 4.38. The van der Waals surface area contributed by atoms with Crippen LogP contribution in [0, 0.1) is 13.8 Å². The van der Waals surface area contributed by atoms with E-state index in [1.807, 2.05) is 39.0 Å². The average molecular weight is 348 g/mol. The molecule has 0 radical (unpaired) electrons. The molecule has 1 aliphatic heterocycles. The van der Waals surface area contributed by atoms with Gasteiger partial charge < -0.3 is 14.4 Å². The average Bonchev–Trinajstić information content (AvgIpc) is 2.88. The van der Waals surface area contributed by atoms with Crippen molar-refractivity contribution in [1.82, 2.24) is 4.98 Å². The molecule has 0 N–H and O–H groups in total. The largest absolute Gasteiger partial charge is 0.471 e. The van der Waals surface area contributed by atoms with Gasteiger partial charge in [-0.15, -0.1) is 0 Å². The van der Waals surface area contributed by atoms with Crippen molar-refractivity contribution < 1.29 is 18.3 Å². The summed E-state index contributed by atoms with van der Waals surface area (Å²) in [6.07, 6.45) is -0.928. The van der Waals surface area contributed by atoms with E-state index in [9.17, 15) is 8.78 Å². The maximum Gasteiger partial charge on any atom is 0.272 e. The topological polar surface area (TPSA) is 34.6 Å². The van der Waals surface area contributed by atoms with Crippen LogP contribution >= 0.6 is 0 Å². The first-order valence-corrected chi connectivity index (χ1v) is 8.30. The lowest BCUT2D eigenvalue weighted by molar-refractivity contribution is 0.0792. The van der Waals surface area contributed by atoms with Gasteiger partial charge in [-0.25, -0.2) is 13.8 Å². The molecule has 2 unspecified atom stereocenters. The Bertz CT molecular complexity index is 767. The fraction of sp³-hybridized carbons (Fsp3) is 0.421. The first-order chi connectivity index (χ1) is 11.9. The number of aryl methyl sites for hydroxylation is 2. The number of pyridine rings is 1. The van der Waals surface area contributed by atoms with Gasteiger partial charge in [-0.3, -0.25) is 0 Å². The number of aromatic nitrogens is 1. The highest BCUT2D eigenvalue weighted by Gasteiger charge is 2.32. The van der Waals surface area contributed by atoms with Crippen LogP contribution in [0.25, 0.3) is 0 Å². The van der Waals surface area contributed by atoms with E-state index in [-0.39, 0.29) is 18.1 Å². The molecule has 3 rings (SSSR count). The molecule has 6 heteroatoms. The molecule has 0 bridgehead atoms. The van der Waals surface area contributed by atoms with Gasteiger partial charge in [-0.1, -0.05) is 6.07 Å². The maximum absolute atomic E-state index is 12.3. The van der Waals surface area contributed by atoms with Crippen molar-refractivity contribution in [2.24, 2.45) is 0 Å². The summed E-state index contributed by atoms with van der Waals surface area (Å²) in [5.41, 5.74) is 3.93. The minimum atomic E-state index is -2.51. The zero-order valence-electron chi connectivity index (χ0n) is 14.8.